The Morgan fingerprint density at radius 3 is 2.71 bits per heavy atom. The average molecular weight is 316 g/mol. The summed E-state index contributed by atoms with van der Waals surface area (Å²) < 4.78 is 1.71. The van der Waals surface area contributed by atoms with Gasteiger partial charge in [-0.25, -0.2) is 0 Å². The predicted octanol–water partition coefficient (Wildman–Crippen LogP) is 3.02. The van der Waals surface area contributed by atoms with E-state index in [9.17, 15) is 4.79 Å². The summed E-state index contributed by atoms with van der Waals surface area (Å²) in [5.74, 6) is 0. The van der Waals surface area contributed by atoms with E-state index in [1.54, 1.807) is 16.8 Å². The molecule has 24 heavy (non-hydrogen) atoms. The van der Waals surface area contributed by atoms with Crippen LogP contribution in [0.3, 0.4) is 0 Å². The van der Waals surface area contributed by atoms with Gasteiger partial charge >= 0.3 is 0 Å². The molecule has 0 fully saturated rings. The topological polar surface area (TPSA) is 76.7 Å². The summed E-state index contributed by atoms with van der Waals surface area (Å²) >= 11 is 0. The molecule has 0 unspecified atom stereocenters. The number of fused-ring (bicyclic) bond motifs is 1. The van der Waals surface area contributed by atoms with E-state index in [2.05, 4.69) is 10.2 Å². The van der Waals surface area contributed by atoms with E-state index in [0.29, 0.717) is 12.2 Å². The van der Waals surface area contributed by atoms with Crippen LogP contribution in [0.25, 0.3) is 22.0 Å². The highest BCUT2D eigenvalue weighted by atomic mass is 16.1. The largest absolute Gasteiger partial charge is 0.398 e. The molecular weight excluding hydrogens is 300 g/mol. The monoisotopic (exact) mass is 316 g/mol. The van der Waals surface area contributed by atoms with Gasteiger partial charge in [0, 0.05) is 23.3 Å². The maximum atomic E-state index is 12.2. The lowest BCUT2D eigenvalue weighted by Gasteiger charge is -2.09. The molecule has 0 saturated heterocycles. The number of anilines is 1. The van der Waals surface area contributed by atoms with E-state index in [4.69, 9.17) is 5.73 Å². The molecule has 0 atom stereocenters. The molecule has 0 aliphatic rings. The molecule has 5 heteroatoms. The van der Waals surface area contributed by atoms with Crippen LogP contribution in [-0.2, 0) is 6.54 Å². The van der Waals surface area contributed by atoms with Crippen molar-refractivity contribution in [2.75, 3.05) is 5.73 Å². The van der Waals surface area contributed by atoms with Gasteiger partial charge in [0.25, 0.3) is 5.56 Å². The number of nitrogens with one attached hydrogen (secondary N) is 1. The zero-order chi connectivity index (χ0) is 16.5. The van der Waals surface area contributed by atoms with Crippen LogP contribution in [0.4, 0.5) is 5.69 Å². The van der Waals surface area contributed by atoms with Crippen LogP contribution < -0.4 is 11.3 Å². The van der Waals surface area contributed by atoms with E-state index >= 15 is 0 Å². The second-order valence-electron chi connectivity index (χ2n) is 5.77. The minimum Gasteiger partial charge on any atom is -0.398 e. The first-order chi connectivity index (χ1) is 11.7. The number of aromatic nitrogens is 3. The molecule has 0 aliphatic heterocycles. The molecule has 0 amide bonds. The van der Waals surface area contributed by atoms with Crippen molar-refractivity contribution in [3.05, 3.63) is 82.9 Å². The Labute approximate surface area is 138 Å². The smallest absolute Gasteiger partial charge is 0.250 e. The molecular formula is C19H16N4O. The van der Waals surface area contributed by atoms with Crippen molar-refractivity contribution >= 4 is 16.6 Å². The normalized spacial score (nSPS) is 11.0. The number of nitrogens with two attached hydrogens (primary N) is 1. The van der Waals surface area contributed by atoms with Crippen molar-refractivity contribution in [1.29, 1.82) is 0 Å². The van der Waals surface area contributed by atoms with Crippen LogP contribution in [0.5, 0.6) is 0 Å². The summed E-state index contributed by atoms with van der Waals surface area (Å²) in [7, 11) is 0. The van der Waals surface area contributed by atoms with Crippen LogP contribution >= 0.6 is 0 Å². The lowest BCUT2D eigenvalue weighted by molar-refractivity contribution is 0.761. The minimum absolute atomic E-state index is 0.0295. The summed E-state index contributed by atoms with van der Waals surface area (Å²) in [5.41, 5.74) is 10.6. The van der Waals surface area contributed by atoms with Gasteiger partial charge in [0.05, 0.1) is 18.3 Å². The molecule has 5 nitrogen and oxygen atoms in total. The molecule has 0 spiro atoms. The number of nitrogens with zero attached hydrogens (tertiary/aromatic N) is 2. The van der Waals surface area contributed by atoms with Gasteiger partial charge in [0.2, 0.25) is 0 Å². The summed E-state index contributed by atoms with van der Waals surface area (Å²) in [5, 5.41) is 7.86. The highest BCUT2D eigenvalue weighted by molar-refractivity contribution is 5.94. The highest BCUT2D eigenvalue weighted by Gasteiger charge is 2.07. The molecule has 118 valence electrons. The van der Waals surface area contributed by atoms with Gasteiger partial charge in [-0.1, -0.05) is 30.3 Å². The number of H-pyrrole nitrogens is 1. The third-order valence-electron chi connectivity index (χ3n) is 4.10. The second kappa shape index (κ2) is 5.70. The Kier molecular flexibility index (Phi) is 3.39. The molecule has 2 aromatic carbocycles. The van der Waals surface area contributed by atoms with E-state index in [1.165, 1.54) is 0 Å². The summed E-state index contributed by atoms with van der Waals surface area (Å²) in [6.45, 7) is 0.537. The van der Waals surface area contributed by atoms with Gasteiger partial charge < -0.3 is 10.3 Å². The zero-order valence-electron chi connectivity index (χ0n) is 12.9. The molecule has 0 saturated carbocycles. The standard InChI is InChI=1S/C19H16N4O/c20-17-8-15(9-18-16(17)10-21-22-18)14-6-7-19(24)23(12-14)11-13-4-2-1-3-5-13/h1-10,12H,11,20H2,(H,21,22). The summed E-state index contributed by atoms with van der Waals surface area (Å²) in [4.78, 5) is 12.2. The maximum absolute atomic E-state index is 12.2. The molecule has 4 aromatic rings. The van der Waals surface area contributed by atoms with Crippen LogP contribution in [0.1, 0.15) is 5.56 Å². The molecule has 0 aliphatic carbocycles. The van der Waals surface area contributed by atoms with Gasteiger partial charge in [-0.2, -0.15) is 5.10 Å². The van der Waals surface area contributed by atoms with Crippen LogP contribution in [0.2, 0.25) is 0 Å². The van der Waals surface area contributed by atoms with E-state index < -0.39 is 0 Å². The lowest BCUT2D eigenvalue weighted by atomic mass is 10.0. The fraction of sp³-hybridized carbons (Fsp3) is 0.0526. The average Bonchev–Trinajstić information content (AvgIpc) is 3.07. The van der Waals surface area contributed by atoms with Crippen molar-refractivity contribution in [1.82, 2.24) is 14.8 Å². The Morgan fingerprint density at radius 2 is 1.88 bits per heavy atom. The SMILES string of the molecule is Nc1cc(-c2ccc(=O)n(Cc3ccccc3)c2)cc2[nH]ncc12. The quantitative estimate of drug-likeness (QED) is 0.570. The minimum atomic E-state index is -0.0295. The Hall–Kier alpha value is -3.34. The van der Waals surface area contributed by atoms with Crippen molar-refractivity contribution in [3.63, 3.8) is 0 Å². The Balaban J connectivity index is 1.78. The van der Waals surface area contributed by atoms with Gasteiger partial charge in [-0.05, 0) is 34.9 Å². The fourth-order valence-corrected chi connectivity index (χ4v) is 2.85. The van der Waals surface area contributed by atoms with E-state index in [0.717, 1.165) is 27.6 Å². The molecule has 2 heterocycles. The number of hydrogen-bond acceptors (Lipinski definition) is 3. The Bertz CT molecular complexity index is 1060. The zero-order valence-corrected chi connectivity index (χ0v) is 12.9. The van der Waals surface area contributed by atoms with Crippen LogP contribution in [0.15, 0.2) is 71.8 Å². The fourth-order valence-electron chi connectivity index (χ4n) is 2.85. The first-order valence-corrected chi connectivity index (χ1v) is 7.68. The first kappa shape index (κ1) is 14.3. The summed E-state index contributed by atoms with van der Waals surface area (Å²) in [6.07, 6.45) is 3.58. The second-order valence-corrected chi connectivity index (χ2v) is 5.77. The van der Waals surface area contributed by atoms with Gasteiger partial charge in [0.1, 0.15) is 0 Å². The van der Waals surface area contributed by atoms with Crippen molar-refractivity contribution < 1.29 is 0 Å². The highest BCUT2D eigenvalue weighted by Crippen LogP contribution is 2.27. The number of rotatable bonds is 3. The lowest BCUT2D eigenvalue weighted by Crippen LogP contribution is -2.19. The van der Waals surface area contributed by atoms with E-state index in [1.807, 2.05) is 54.7 Å². The number of aromatic amines is 1. The van der Waals surface area contributed by atoms with Gasteiger partial charge in [-0.15, -0.1) is 0 Å². The van der Waals surface area contributed by atoms with Gasteiger partial charge in [0.15, 0.2) is 0 Å². The third kappa shape index (κ3) is 2.56. The van der Waals surface area contributed by atoms with Crippen LogP contribution in [0, 0.1) is 0 Å². The number of hydrogen-bond donors (Lipinski definition) is 2. The van der Waals surface area contributed by atoms with Crippen molar-refractivity contribution in [2.24, 2.45) is 0 Å². The van der Waals surface area contributed by atoms with E-state index in [-0.39, 0.29) is 5.56 Å². The number of benzene rings is 2. The first-order valence-electron chi connectivity index (χ1n) is 7.68. The molecule has 0 radical (unpaired) electrons. The Morgan fingerprint density at radius 1 is 1.04 bits per heavy atom. The molecule has 0 bridgehead atoms. The van der Waals surface area contributed by atoms with Crippen molar-refractivity contribution in [2.45, 2.75) is 6.54 Å². The summed E-state index contributed by atoms with van der Waals surface area (Å²) in [6, 6.07) is 17.2. The molecule has 4 rings (SSSR count). The van der Waals surface area contributed by atoms with Crippen LogP contribution in [-0.4, -0.2) is 14.8 Å². The third-order valence-corrected chi connectivity index (χ3v) is 4.10. The predicted molar refractivity (Wildman–Crippen MR) is 95.7 cm³/mol. The van der Waals surface area contributed by atoms with Gasteiger partial charge in [-0.3, -0.25) is 9.89 Å². The maximum Gasteiger partial charge on any atom is 0.250 e. The molecule has 2 aromatic heterocycles. The number of nitrogen functional groups attached to an aromatic ring is 1. The molecule has 3 N–H and O–H groups in total. The van der Waals surface area contributed by atoms with Crippen molar-refractivity contribution in [3.8, 4) is 11.1 Å². The number of pyridine rings is 1.